The first kappa shape index (κ1) is 16.4. The Labute approximate surface area is 119 Å². The molecule has 7 heteroatoms. The average molecular weight is 284 g/mol. The molecule has 0 aromatic carbocycles. The summed E-state index contributed by atoms with van der Waals surface area (Å²) in [5.74, 6) is 0.690. The molecule has 1 aromatic heterocycles. The molecule has 0 saturated heterocycles. The number of aliphatic hydroxyl groups is 1. The second-order valence-corrected chi connectivity index (χ2v) is 5.83. The minimum atomic E-state index is -0.918. The maximum absolute atomic E-state index is 11.2. The van der Waals surface area contributed by atoms with E-state index in [4.69, 9.17) is 0 Å². The van der Waals surface area contributed by atoms with Gasteiger partial charge in [-0.25, -0.2) is 4.68 Å². The number of hydrogen-bond donors (Lipinski definition) is 2. The predicted molar refractivity (Wildman–Crippen MR) is 77.8 cm³/mol. The van der Waals surface area contributed by atoms with Crippen LogP contribution in [0.5, 0.6) is 0 Å². The van der Waals surface area contributed by atoms with Gasteiger partial charge in [0, 0.05) is 13.6 Å². The summed E-state index contributed by atoms with van der Waals surface area (Å²) in [4.78, 5) is 10.7. The Balaban J connectivity index is 2.93. The van der Waals surface area contributed by atoms with Gasteiger partial charge < -0.3 is 10.4 Å². The van der Waals surface area contributed by atoms with Crippen molar-refractivity contribution in [3.63, 3.8) is 0 Å². The van der Waals surface area contributed by atoms with Crippen molar-refractivity contribution in [2.24, 2.45) is 13.0 Å². The molecule has 0 saturated carbocycles. The minimum absolute atomic E-state index is 0.00431. The average Bonchev–Trinajstić information content (AvgIpc) is 2.61. The highest BCUT2D eigenvalue weighted by molar-refractivity contribution is 5.60. The summed E-state index contributed by atoms with van der Waals surface area (Å²) in [5.41, 5.74) is -0.475. The highest BCUT2D eigenvalue weighted by Gasteiger charge is 2.28. The minimum Gasteiger partial charge on any atom is -0.388 e. The second kappa shape index (κ2) is 6.21. The van der Waals surface area contributed by atoms with Gasteiger partial charge >= 0.3 is 5.69 Å². The molecule has 2 N–H and O–H groups in total. The lowest BCUT2D eigenvalue weighted by atomic mass is 9.94. The van der Waals surface area contributed by atoms with Crippen molar-refractivity contribution >= 4 is 11.5 Å². The first-order valence-electron chi connectivity index (χ1n) is 6.84. The highest BCUT2D eigenvalue weighted by atomic mass is 16.6. The van der Waals surface area contributed by atoms with Gasteiger partial charge in [0.2, 0.25) is 5.82 Å². The Morgan fingerprint density at radius 1 is 1.55 bits per heavy atom. The third kappa shape index (κ3) is 3.93. The molecule has 1 rings (SSSR count). The zero-order chi connectivity index (χ0) is 15.5. The van der Waals surface area contributed by atoms with E-state index in [-0.39, 0.29) is 12.2 Å². The van der Waals surface area contributed by atoms with Crippen LogP contribution >= 0.6 is 0 Å². The number of anilines is 1. The number of hydrogen-bond acceptors (Lipinski definition) is 5. The van der Waals surface area contributed by atoms with Gasteiger partial charge in [-0.3, -0.25) is 10.1 Å². The standard InChI is InChI=1S/C13H24N4O3/c1-6-10-11(17(19)20)12(16(5)15-10)14-8-13(4,18)7-9(2)3/h9,14,18H,6-8H2,1-5H3. The summed E-state index contributed by atoms with van der Waals surface area (Å²) in [6, 6.07) is 0. The third-order valence-electron chi connectivity index (χ3n) is 3.09. The van der Waals surface area contributed by atoms with Crippen LogP contribution in [0.15, 0.2) is 0 Å². The highest BCUT2D eigenvalue weighted by Crippen LogP contribution is 2.29. The van der Waals surface area contributed by atoms with Crippen molar-refractivity contribution in [2.75, 3.05) is 11.9 Å². The van der Waals surface area contributed by atoms with Crippen LogP contribution in [-0.2, 0) is 13.5 Å². The van der Waals surface area contributed by atoms with E-state index in [1.54, 1.807) is 14.0 Å². The van der Waals surface area contributed by atoms with E-state index >= 15 is 0 Å². The number of nitrogens with one attached hydrogen (secondary N) is 1. The van der Waals surface area contributed by atoms with Crippen LogP contribution in [0.3, 0.4) is 0 Å². The smallest absolute Gasteiger partial charge is 0.333 e. The molecule has 7 nitrogen and oxygen atoms in total. The fourth-order valence-corrected chi connectivity index (χ4v) is 2.42. The van der Waals surface area contributed by atoms with E-state index in [2.05, 4.69) is 10.4 Å². The largest absolute Gasteiger partial charge is 0.388 e. The lowest BCUT2D eigenvalue weighted by Gasteiger charge is -2.25. The molecule has 0 spiro atoms. The Morgan fingerprint density at radius 3 is 2.60 bits per heavy atom. The van der Waals surface area contributed by atoms with Crippen LogP contribution in [0, 0.1) is 16.0 Å². The van der Waals surface area contributed by atoms with Crippen molar-refractivity contribution in [3.05, 3.63) is 15.8 Å². The molecule has 1 unspecified atom stereocenters. The maximum atomic E-state index is 11.2. The molecule has 0 aliphatic rings. The van der Waals surface area contributed by atoms with E-state index in [0.717, 1.165) is 0 Å². The van der Waals surface area contributed by atoms with Gasteiger partial charge in [-0.1, -0.05) is 20.8 Å². The summed E-state index contributed by atoms with van der Waals surface area (Å²) in [5, 5.41) is 28.6. The molecule has 20 heavy (non-hydrogen) atoms. The normalized spacial score (nSPS) is 14.3. The molecule has 1 aromatic rings. The molecule has 114 valence electrons. The molecular formula is C13H24N4O3. The van der Waals surface area contributed by atoms with E-state index in [9.17, 15) is 15.2 Å². The van der Waals surface area contributed by atoms with Crippen LogP contribution in [0.2, 0.25) is 0 Å². The first-order chi connectivity index (χ1) is 9.18. The zero-order valence-corrected chi connectivity index (χ0v) is 12.8. The molecule has 1 atom stereocenters. The molecule has 1 heterocycles. The van der Waals surface area contributed by atoms with Gasteiger partial charge in [0.25, 0.3) is 0 Å². The van der Waals surface area contributed by atoms with Crippen LogP contribution in [0.1, 0.15) is 39.8 Å². The molecule has 0 radical (unpaired) electrons. The van der Waals surface area contributed by atoms with Crippen molar-refractivity contribution < 1.29 is 10.0 Å². The molecule has 0 aliphatic carbocycles. The Bertz CT molecular complexity index is 480. The van der Waals surface area contributed by atoms with Crippen molar-refractivity contribution in [2.45, 2.75) is 46.1 Å². The summed E-state index contributed by atoms with van der Waals surface area (Å²) < 4.78 is 1.46. The lowest BCUT2D eigenvalue weighted by molar-refractivity contribution is -0.384. The molecule has 0 fully saturated rings. The Hall–Kier alpha value is -1.63. The molecule has 0 bridgehead atoms. The number of aryl methyl sites for hydroxylation is 2. The summed E-state index contributed by atoms with van der Waals surface area (Å²) in [6.45, 7) is 7.85. The number of rotatable bonds is 7. The van der Waals surface area contributed by atoms with Crippen LogP contribution in [0.4, 0.5) is 11.5 Å². The van der Waals surface area contributed by atoms with E-state index in [0.29, 0.717) is 30.3 Å². The topological polar surface area (TPSA) is 93.2 Å². The van der Waals surface area contributed by atoms with Gasteiger partial charge in [-0.15, -0.1) is 0 Å². The summed E-state index contributed by atoms with van der Waals surface area (Å²) in [6.07, 6.45) is 1.11. The number of aromatic nitrogens is 2. The third-order valence-corrected chi connectivity index (χ3v) is 3.09. The van der Waals surface area contributed by atoms with Gasteiger partial charge in [-0.05, 0) is 25.7 Å². The van der Waals surface area contributed by atoms with Gasteiger partial charge in [0.1, 0.15) is 5.69 Å². The van der Waals surface area contributed by atoms with Crippen molar-refractivity contribution in [1.29, 1.82) is 0 Å². The van der Waals surface area contributed by atoms with E-state index < -0.39 is 10.5 Å². The molecule has 0 amide bonds. The maximum Gasteiger partial charge on any atom is 0.333 e. The first-order valence-corrected chi connectivity index (χ1v) is 6.84. The van der Waals surface area contributed by atoms with Crippen molar-refractivity contribution in [3.8, 4) is 0 Å². The summed E-state index contributed by atoms with van der Waals surface area (Å²) >= 11 is 0. The number of nitro groups is 1. The monoisotopic (exact) mass is 284 g/mol. The fraction of sp³-hybridized carbons (Fsp3) is 0.769. The van der Waals surface area contributed by atoms with Crippen molar-refractivity contribution in [1.82, 2.24) is 9.78 Å². The lowest BCUT2D eigenvalue weighted by Crippen LogP contribution is -2.35. The van der Waals surface area contributed by atoms with E-state index in [1.165, 1.54) is 4.68 Å². The van der Waals surface area contributed by atoms with Gasteiger partial charge in [-0.2, -0.15) is 5.10 Å². The molecular weight excluding hydrogens is 260 g/mol. The zero-order valence-electron chi connectivity index (χ0n) is 12.8. The quantitative estimate of drug-likeness (QED) is 0.590. The van der Waals surface area contributed by atoms with Gasteiger partial charge in [0.15, 0.2) is 0 Å². The van der Waals surface area contributed by atoms with Gasteiger partial charge in [0.05, 0.1) is 10.5 Å². The molecule has 0 aliphatic heterocycles. The van der Waals surface area contributed by atoms with Crippen LogP contribution in [0.25, 0.3) is 0 Å². The second-order valence-electron chi connectivity index (χ2n) is 5.83. The Morgan fingerprint density at radius 2 is 2.15 bits per heavy atom. The Kier molecular flexibility index (Phi) is 5.10. The predicted octanol–water partition coefficient (Wildman–Crippen LogP) is 2.10. The SMILES string of the molecule is CCc1nn(C)c(NCC(C)(O)CC(C)C)c1[N+](=O)[O-]. The fourth-order valence-electron chi connectivity index (χ4n) is 2.42. The summed E-state index contributed by atoms with van der Waals surface area (Å²) in [7, 11) is 1.66. The number of nitrogens with zero attached hydrogens (tertiary/aromatic N) is 3. The van der Waals surface area contributed by atoms with Crippen LogP contribution in [-0.4, -0.2) is 32.0 Å². The van der Waals surface area contributed by atoms with E-state index in [1.807, 2.05) is 20.8 Å². The van der Waals surface area contributed by atoms with Crippen LogP contribution < -0.4 is 5.32 Å².